The van der Waals surface area contributed by atoms with E-state index in [1.54, 1.807) is 17.5 Å². The number of fused-ring (bicyclic) bond motifs is 2. The predicted octanol–water partition coefficient (Wildman–Crippen LogP) is 5.89. The fourth-order valence-electron chi connectivity index (χ4n) is 7.62. The van der Waals surface area contributed by atoms with Gasteiger partial charge >= 0.3 is 17.9 Å². The second-order valence-corrected chi connectivity index (χ2v) is 16.8. The molecule has 2 unspecified atom stereocenters. The van der Waals surface area contributed by atoms with Crippen molar-refractivity contribution in [3.8, 4) is 11.5 Å². The predicted molar refractivity (Wildman–Crippen MR) is 231 cm³/mol. The Morgan fingerprint density at radius 2 is 1.35 bits per heavy atom. The molecular formula is C45H40N6O9S2. The SMILES string of the molecule is CON=C(C(=O)NC1C(=O)N2C=C(C(=O)ON3Cc4cc(OC(C)=O)c(OC(C)=O)cc4C3)C(C)S[C@H]12)c1csc(NC(c2ccccc2)(c2ccccc2)c2ccccc2)n1. The van der Waals surface area contributed by atoms with Crippen LogP contribution in [0, 0.1) is 0 Å². The first-order valence-electron chi connectivity index (χ1n) is 19.5. The number of ether oxygens (including phenoxy) is 2. The molecule has 1 fully saturated rings. The maximum atomic E-state index is 13.9. The van der Waals surface area contributed by atoms with Crippen LogP contribution in [0.25, 0.3) is 0 Å². The van der Waals surface area contributed by atoms with E-state index in [0.29, 0.717) is 16.3 Å². The number of anilines is 1. The van der Waals surface area contributed by atoms with E-state index >= 15 is 0 Å². The van der Waals surface area contributed by atoms with Crippen molar-refractivity contribution < 1.29 is 43.1 Å². The minimum absolute atomic E-state index is 0.0742. The minimum atomic E-state index is -0.921. The highest BCUT2D eigenvalue weighted by Crippen LogP contribution is 2.43. The van der Waals surface area contributed by atoms with Crippen LogP contribution in [0.1, 0.15) is 54.3 Å². The number of benzene rings is 4. The smallest absolute Gasteiger partial charge is 0.355 e. The number of nitrogens with zero attached hydrogens (tertiary/aromatic N) is 4. The maximum Gasteiger partial charge on any atom is 0.355 e. The van der Waals surface area contributed by atoms with Crippen LogP contribution < -0.4 is 20.1 Å². The van der Waals surface area contributed by atoms with Crippen LogP contribution in [0.4, 0.5) is 5.13 Å². The molecule has 3 aliphatic heterocycles. The lowest BCUT2D eigenvalue weighted by Crippen LogP contribution is -2.69. The topological polar surface area (TPSA) is 178 Å². The van der Waals surface area contributed by atoms with Crippen molar-refractivity contribution in [2.24, 2.45) is 5.16 Å². The van der Waals surface area contributed by atoms with Gasteiger partial charge in [-0.1, -0.05) is 96.2 Å². The molecule has 17 heteroatoms. The van der Waals surface area contributed by atoms with E-state index in [2.05, 4.69) is 52.2 Å². The van der Waals surface area contributed by atoms with Crippen molar-refractivity contribution >= 4 is 63.7 Å². The number of esters is 2. The van der Waals surface area contributed by atoms with E-state index in [0.717, 1.165) is 16.7 Å². The van der Waals surface area contributed by atoms with Gasteiger partial charge < -0.3 is 34.7 Å². The van der Waals surface area contributed by atoms with Gasteiger partial charge in [0, 0.05) is 30.7 Å². The Hall–Kier alpha value is -6.82. The number of aromatic nitrogens is 1. The average Bonchev–Trinajstić information content (AvgIpc) is 3.90. The van der Waals surface area contributed by atoms with Gasteiger partial charge in [-0.15, -0.1) is 28.2 Å². The summed E-state index contributed by atoms with van der Waals surface area (Å²) in [5, 5.41) is 13.3. The van der Waals surface area contributed by atoms with Crippen molar-refractivity contribution in [1.29, 1.82) is 0 Å². The number of thioether (sulfide) groups is 1. The van der Waals surface area contributed by atoms with Gasteiger partial charge in [0.2, 0.25) is 0 Å². The molecule has 5 aromatic rings. The number of amides is 2. The number of carbonyl (C=O) groups excluding carboxylic acids is 5. The Bertz CT molecular complexity index is 2460. The highest BCUT2D eigenvalue weighted by atomic mass is 32.2. The molecule has 0 bridgehead atoms. The van der Waals surface area contributed by atoms with Crippen molar-refractivity contribution in [2.75, 3.05) is 12.4 Å². The summed E-state index contributed by atoms with van der Waals surface area (Å²) in [5.74, 6) is -2.77. The third-order valence-electron chi connectivity index (χ3n) is 10.4. The lowest BCUT2D eigenvalue weighted by molar-refractivity contribution is -0.188. The molecule has 4 heterocycles. The molecule has 8 rings (SSSR count). The van der Waals surface area contributed by atoms with Gasteiger partial charge in [-0.25, -0.2) is 9.78 Å². The molecule has 0 radical (unpaired) electrons. The first-order valence-corrected chi connectivity index (χ1v) is 21.3. The van der Waals surface area contributed by atoms with Crippen LogP contribution in [-0.2, 0) is 52.3 Å². The van der Waals surface area contributed by atoms with Crippen LogP contribution in [0.3, 0.4) is 0 Å². The summed E-state index contributed by atoms with van der Waals surface area (Å²) in [4.78, 5) is 81.3. The third kappa shape index (κ3) is 8.29. The number of thiazole rings is 1. The van der Waals surface area contributed by atoms with E-state index in [4.69, 9.17) is 24.1 Å². The van der Waals surface area contributed by atoms with Crippen LogP contribution in [-0.4, -0.2) is 74.2 Å². The van der Waals surface area contributed by atoms with E-state index in [1.807, 2.05) is 61.5 Å². The number of β-lactam (4-membered cyclic amide) rings is 1. The molecule has 2 amide bonds. The quantitative estimate of drug-likeness (QED) is 0.0358. The zero-order valence-electron chi connectivity index (χ0n) is 33.9. The molecule has 15 nitrogen and oxygen atoms in total. The number of oxime groups is 1. The first kappa shape index (κ1) is 41.9. The summed E-state index contributed by atoms with van der Waals surface area (Å²) >= 11 is 2.62. The lowest BCUT2D eigenvalue weighted by atomic mass is 9.77. The van der Waals surface area contributed by atoms with E-state index in [9.17, 15) is 24.0 Å². The monoisotopic (exact) mass is 872 g/mol. The molecule has 3 aliphatic rings. The molecule has 62 heavy (non-hydrogen) atoms. The van der Waals surface area contributed by atoms with Gasteiger partial charge in [0.1, 0.15) is 29.8 Å². The van der Waals surface area contributed by atoms with Gasteiger partial charge in [-0.2, -0.15) is 0 Å². The first-order chi connectivity index (χ1) is 29.9. The van der Waals surface area contributed by atoms with Crippen LogP contribution in [0.15, 0.2) is 125 Å². The molecule has 3 atom stereocenters. The van der Waals surface area contributed by atoms with Gasteiger partial charge in [0.15, 0.2) is 22.3 Å². The second-order valence-electron chi connectivity index (χ2n) is 14.5. The van der Waals surface area contributed by atoms with Crippen LogP contribution in [0.2, 0.25) is 0 Å². The molecule has 2 N–H and O–H groups in total. The number of carbonyl (C=O) groups is 5. The molecule has 316 valence electrons. The number of nitrogens with one attached hydrogen (secondary N) is 2. The van der Waals surface area contributed by atoms with Crippen molar-refractivity contribution in [3.63, 3.8) is 0 Å². The van der Waals surface area contributed by atoms with E-state index < -0.39 is 51.9 Å². The van der Waals surface area contributed by atoms with Crippen molar-refractivity contribution in [2.45, 2.75) is 56.1 Å². The summed E-state index contributed by atoms with van der Waals surface area (Å²) < 4.78 is 10.5. The number of hydrogen-bond donors (Lipinski definition) is 2. The zero-order chi connectivity index (χ0) is 43.5. The molecule has 1 saturated heterocycles. The van der Waals surface area contributed by atoms with Crippen LogP contribution in [0.5, 0.6) is 11.5 Å². The third-order valence-corrected chi connectivity index (χ3v) is 12.6. The van der Waals surface area contributed by atoms with E-state index in [-0.39, 0.29) is 41.6 Å². The Morgan fingerprint density at radius 3 is 1.85 bits per heavy atom. The number of rotatable bonds is 13. The number of hydroxylamine groups is 2. The molecule has 0 spiro atoms. The molecule has 1 aromatic heterocycles. The largest absolute Gasteiger partial charge is 0.423 e. The Balaban J connectivity index is 0.957. The van der Waals surface area contributed by atoms with Gasteiger partial charge in [-0.05, 0) is 46.9 Å². The average molecular weight is 873 g/mol. The second kappa shape index (κ2) is 17.6. The zero-order valence-corrected chi connectivity index (χ0v) is 35.5. The Morgan fingerprint density at radius 1 is 0.823 bits per heavy atom. The molecule has 0 aliphatic carbocycles. The molecule has 4 aromatic carbocycles. The molecular weight excluding hydrogens is 833 g/mol. The minimum Gasteiger partial charge on any atom is -0.423 e. The summed E-state index contributed by atoms with van der Waals surface area (Å²) in [6.07, 6.45) is 1.46. The highest BCUT2D eigenvalue weighted by molar-refractivity contribution is 8.00. The van der Waals surface area contributed by atoms with Gasteiger partial charge in [-0.3, -0.25) is 19.2 Å². The fourth-order valence-corrected chi connectivity index (χ4v) is 9.73. The van der Waals surface area contributed by atoms with Crippen molar-refractivity contribution in [3.05, 3.63) is 154 Å². The lowest BCUT2D eigenvalue weighted by Gasteiger charge is -2.48. The normalized spacial score (nSPS) is 18.4. The fraction of sp³-hybridized carbons (Fsp3) is 0.222. The molecule has 0 saturated carbocycles. The standard InChI is InChI=1S/C45H40N6O9S2/c1-26-34(43(56)60-50-22-29-20-36(58-27(2)52)37(59-28(3)53)21-30(29)23-50)24-51-41(55)39(42(51)62-26)47-40(54)38(49-57-4)35-25-61-44(46-35)48-45(31-14-8-5-9-15-31,32-16-10-6-11-17-32)33-18-12-7-13-19-33/h5-21,24-26,39,42H,22-23H2,1-4H3,(H,46,48)(H,47,54)/t26?,39?,42-/m1/s1. The summed E-state index contributed by atoms with van der Waals surface area (Å²) in [6, 6.07) is 32.3. The van der Waals surface area contributed by atoms with Gasteiger partial charge in [0.25, 0.3) is 11.8 Å². The summed E-state index contributed by atoms with van der Waals surface area (Å²) in [7, 11) is 1.33. The van der Waals surface area contributed by atoms with Gasteiger partial charge in [0.05, 0.1) is 18.7 Å². The maximum absolute atomic E-state index is 13.9. The number of hydrogen-bond acceptors (Lipinski definition) is 15. The van der Waals surface area contributed by atoms with Crippen LogP contribution >= 0.6 is 23.1 Å². The summed E-state index contributed by atoms with van der Waals surface area (Å²) in [6.45, 7) is 4.64. The van der Waals surface area contributed by atoms with E-state index in [1.165, 1.54) is 60.2 Å². The summed E-state index contributed by atoms with van der Waals surface area (Å²) in [5.41, 5.74) is 3.87. The highest BCUT2D eigenvalue weighted by Gasteiger charge is 2.52. The Labute approximate surface area is 364 Å². The van der Waals surface area contributed by atoms with Crippen molar-refractivity contribution in [1.82, 2.24) is 20.3 Å². The Kier molecular flexibility index (Phi) is 11.9.